The maximum Gasteiger partial charge on any atom is 0.419 e. The lowest BCUT2D eigenvalue weighted by Gasteiger charge is -2.28. The van der Waals surface area contributed by atoms with Crippen LogP contribution >= 0.6 is 0 Å². The molecule has 2 aromatic carbocycles. The van der Waals surface area contributed by atoms with Crippen molar-refractivity contribution < 1.29 is 18.0 Å². The van der Waals surface area contributed by atoms with Gasteiger partial charge in [0.2, 0.25) is 0 Å². The van der Waals surface area contributed by atoms with Crippen LogP contribution in [0.1, 0.15) is 5.56 Å². The lowest BCUT2D eigenvalue weighted by Crippen LogP contribution is -2.51. The Morgan fingerprint density at radius 1 is 0.973 bits per heavy atom. The molecule has 0 radical (unpaired) electrons. The number of hydrazine groups is 1. The van der Waals surface area contributed by atoms with Crippen LogP contribution in [0.3, 0.4) is 0 Å². The number of rotatable bonds is 4. The van der Waals surface area contributed by atoms with E-state index in [2.05, 4.69) is 21.0 Å². The van der Waals surface area contributed by atoms with Crippen molar-refractivity contribution in [3.8, 4) is 11.3 Å². The number of allylic oxidation sites excluding steroid dienone is 2. The van der Waals surface area contributed by atoms with Gasteiger partial charge in [-0.1, -0.05) is 60.7 Å². The van der Waals surface area contributed by atoms with Crippen molar-refractivity contribution >= 4 is 23.2 Å². The van der Waals surface area contributed by atoms with Gasteiger partial charge in [0.1, 0.15) is 17.7 Å². The Hall–Kier alpha value is -4.73. The van der Waals surface area contributed by atoms with E-state index in [1.807, 2.05) is 53.6 Å². The first-order valence-electron chi connectivity index (χ1n) is 11.6. The molecule has 186 valence electrons. The zero-order chi connectivity index (χ0) is 25.6. The predicted octanol–water partition coefficient (Wildman–Crippen LogP) is 5.56. The number of carbonyl (C=O) groups is 1. The van der Waals surface area contributed by atoms with Gasteiger partial charge in [0.25, 0.3) is 0 Å². The third-order valence-corrected chi connectivity index (χ3v) is 6.37. The van der Waals surface area contributed by atoms with E-state index in [0.29, 0.717) is 5.56 Å². The molecule has 2 atom stereocenters. The summed E-state index contributed by atoms with van der Waals surface area (Å²) < 4.78 is 42.5. The van der Waals surface area contributed by atoms with Crippen LogP contribution in [0.5, 0.6) is 0 Å². The molecule has 37 heavy (non-hydrogen) atoms. The highest BCUT2D eigenvalue weighted by molar-refractivity contribution is 5.94. The number of alkyl halides is 3. The molecule has 1 saturated heterocycles. The maximum absolute atomic E-state index is 13.7. The van der Waals surface area contributed by atoms with Gasteiger partial charge in [-0.05, 0) is 30.3 Å². The van der Waals surface area contributed by atoms with E-state index in [-0.39, 0.29) is 23.1 Å². The number of hydrogen-bond donors (Lipinski definition) is 3. The molecule has 1 aliphatic heterocycles. The Balaban J connectivity index is 1.37. The molecule has 0 spiro atoms. The first kappa shape index (κ1) is 22.7. The van der Waals surface area contributed by atoms with E-state index in [1.165, 1.54) is 16.7 Å². The number of nitrogens with zero attached hydrogens (tertiary/aromatic N) is 3. The van der Waals surface area contributed by atoms with E-state index in [4.69, 9.17) is 0 Å². The Morgan fingerprint density at radius 2 is 1.70 bits per heavy atom. The summed E-state index contributed by atoms with van der Waals surface area (Å²) >= 11 is 0. The summed E-state index contributed by atoms with van der Waals surface area (Å²) in [5, 5.41) is 7.61. The number of carbonyl (C=O) groups excluding carboxylic acids is 1. The van der Waals surface area contributed by atoms with Crippen molar-refractivity contribution in [3.63, 3.8) is 0 Å². The SMILES string of the molecule is O=C(Nc1c(-c2ccccc2)nc2c(C(F)(F)F)cccn12)NC1C2C=CC=C2NN1c1ccccc1. The summed E-state index contributed by atoms with van der Waals surface area (Å²) in [6.45, 7) is 0. The van der Waals surface area contributed by atoms with Crippen LogP contribution in [-0.4, -0.2) is 21.6 Å². The molecule has 1 aliphatic carbocycles. The van der Waals surface area contributed by atoms with Crippen molar-refractivity contribution in [1.29, 1.82) is 0 Å². The van der Waals surface area contributed by atoms with Crippen LogP contribution in [0.4, 0.5) is 29.5 Å². The van der Waals surface area contributed by atoms with Crippen LogP contribution in [0.25, 0.3) is 16.9 Å². The van der Waals surface area contributed by atoms with E-state index in [0.717, 1.165) is 17.5 Å². The van der Waals surface area contributed by atoms with Gasteiger partial charge in [-0.15, -0.1) is 0 Å². The van der Waals surface area contributed by atoms with Gasteiger partial charge in [-0.2, -0.15) is 13.2 Å². The Morgan fingerprint density at radius 3 is 2.43 bits per heavy atom. The van der Waals surface area contributed by atoms with Crippen LogP contribution in [-0.2, 0) is 6.18 Å². The van der Waals surface area contributed by atoms with Crippen LogP contribution < -0.4 is 21.1 Å². The zero-order valence-electron chi connectivity index (χ0n) is 19.3. The van der Waals surface area contributed by atoms with E-state index < -0.39 is 23.9 Å². The quantitative estimate of drug-likeness (QED) is 0.342. The molecule has 3 N–H and O–H groups in total. The molecule has 1 fully saturated rings. The molecule has 6 rings (SSSR count). The van der Waals surface area contributed by atoms with Crippen molar-refractivity contribution in [1.82, 2.24) is 20.1 Å². The molecule has 0 bridgehead atoms. The number of amides is 2. The van der Waals surface area contributed by atoms with Crippen LogP contribution in [0.15, 0.2) is 103 Å². The van der Waals surface area contributed by atoms with Crippen molar-refractivity contribution in [2.24, 2.45) is 5.92 Å². The second-order valence-electron chi connectivity index (χ2n) is 8.68. The number of nitrogens with one attached hydrogen (secondary N) is 3. The summed E-state index contributed by atoms with van der Waals surface area (Å²) in [6.07, 6.45) is 2.21. The van der Waals surface area contributed by atoms with Gasteiger partial charge in [0.15, 0.2) is 5.65 Å². The molecule has 10 heteroatoms. The number of imidazole rings is 1. The molecular formula is C27H21F3N6O. The van der Waals surface area contributed by atoms with Gasteiger partial charge in [-0.3, -0.25) is 20.2 Å². The third-order valence-electron chi connectivity index (χ3n) is 6.37. The second-order valence-corrected chi connectivity index (χ2v) is 8.68. The predicted molar refractivity (Wildman–Crippen MR) is 134 cm³/mol. The van der Waals surface area contributed by atoms with Gasteiger partial charge >= 0.3 is 12.2 Å². The number of pyridine rings is 1. The lowest BCUT2D eigenvalue weighted by molar-refractivity contribution is -0.136. The number of halogens is 3. The number of para-hydroxylation sites is 1. The first-order chi connectivity index (χ1) is 17.9. The molecule has 2 aromatic heterocycles. The Kier molecular flexibility index (Phi) is 5.36. The molecular weight excluding hydrogens is 481 g/mol. The second kappa shape index (κ2) is 8.74. The summed E-state index contributed by atoms with van der Waals surface area (Å²) in [5.41, 5.74) is 4.74. The van der Waals surface area contributed by atoms with Crippen molar-refractivity contribution in [3.05, 3.63) is 108 Å². The summed E-state index contributed by atoms with van der Waals surface area (Å²) in [6, 6.07) is 20.0. The number of urea groups is 1. The highest BCUT2D eigenvalue weighted by atomic mass is 19.4. The average Bonchev–Trinajstić information content (AvgIpc) is 3.59. The van der Waals surface area contributed by atoms with Gasteiger partial charge in [0.05, 0.1) is 17.2 Å². The fraction of sp³-hybridized carbons (Fsp3) is 0.111. The fourth-order valence-corrected chi connectivity index (χ4v) is 4.70. The summed E-state index contributed by atoms with van der Waals surface area (Å²) in [5.74, 6) is 0.0262. The standard InChI is InChI=1S/C27H21F3N6O/c28-27(29,30)20-14-8-16-35-24(20)31-22(17-9-3-1-4-10-17)25(35)33-26(37)32-23-19-13-7-15-21(19)34-36(23)18-11-5-2-6-12-18/h1-16,19,23,34H,(H2,32,33,37). The fourth-order valence-electron chi connectivity index (χ4n) is 4.70. The van der Waals surface area contributed by atoms with Gasteiger partial charge in [0, 0.05) is 17.5 Å². The van der Waals surface area contributed by atoms with E-state index in [9.17, 15) is 18.0 Å². The van der Waals surface area contributed by atoms with E-state index >= 15 is 0 Å². The van der Waals surface area contributed by atoms with Gasteiger partial charge in [-0.25, -0.2) is 9.78 Å². The summed E-state index contributed by atoms with van der Waals surface area (Å²) in [4.78, 5) is 17.7. The number of hydrogen-bond acceptors (Lipinski definition) is 4. The van der Waals surface area contributed by atoms with Gasteiger partial charge < -0.3 is 5.32 Å². The maximum atomic E-state index is 13.7. The molecule has 4 aromatic rings. The first-order valence-corrected chi connectivity index (χ1v) is 11.6. The number of anilines is 2. The molecule has 2 unspecified atom stereocenters. The average molecular weight is 503 g/mol. The lowest BCUT2D eigenvalue weighted by atomic mass is 10.1. The number of benzene rings is 2. The van der Waals surface area contributed by atoms with Crippen molar-refractivity contribution in [2.45, 2.75) is 12.3 Å². The molecule has 2 aliphatic rings. The Labute approximate surface area is 209 Å². The highest BCUT2D eigenvalue weighted by Gasteiger charge is 2.39. The minimum Gasteiger partial charge on any atom is -0.315 e. The minimum atomic E-state index is -4.61. The smallest absolute Gasteiger partial charge is 0.315 e. The third kappa shape index (κ3) is 4.06. The normalized spacial score (nSPS) is 18.5. The van der Waals surface area contributed by atoms with Crippen molar-refractivity contribution in [2.75, 3.05) is 10.3 Å². The number of fused-ring (bicyclic) bond motifs is 2. The van der Waals surface area contributed by atoms with Crippen LogP contribution in [0, 0.1) is 5.92 Å². The molecule has 0 saturated carbocycles. The monoisotopic (exact) mass is 502 g/mol. The molecule has 2 amide bonds. The summed E-state index contributed by atoms with van der Waals surface area (Å²) in [7, 11) is 0. The largest absolute Gasteiger partial charge is 0.419 e. The molecule has 7 nitrogen and oxygen atoms in total. The topological polar surface area (TPSA) is 73.7 Å². The zero-order valence-corrected chi connectivity index (χ0v) is 19.3. The minimum absolute atomic E-state index is 0.112. The Bertz CT molecular complexity index is 1530. The molecule has 3 heterocycles. The number of aromatic nitrogens is 2. The van der Waals surface area contributed by atoms with Crippen LogP contribution in [0.2, 0.25) is 0 Å². The highest BCUT2D eigenvalue weighted by Crippen LogP contribution is 2.37. The van der Waals surface area contributed by atoms with E-state index in [1.54, 1.807) is 30.3 Å².